The van der Waals surface area contributed by atoms with E-state index in [1.807, 2.05) is 72.8 Å². The zero-order valence-electron chi connectivity index (χ0n) is 18.3. The Balaban J connectivity index is 1.43. The predicted octanol–water partition coefficient (Wildman–Crippen LogP) is 4.26. The summed E-state index contributed by atoms with van der Waals surface area (Å²) in [5, 5.41) is 13.7. The number of nitrogens with zero attached hydrogens (tertiary/aromatic N) is 4. The second-order valence-corrected chi connectivity index (χ2v) is 7.88. The number of fused-ring (bicyclic) bond motifs is 1. The van der Waals surface area contributed by atoms with Gasteiger partial charge in [-0.2, -0.15) is 15.3 Å². The SMILES string of the molecule is N#Cc1ccccc1-c1ccc(Cc2c(COCc3ccccc3)n3ncnc3[nH]c2=O)cc1. The van der Waals surface area contributed by atoms with Crippen LogP contribution < -0.4 is 5.56 Å². The van der Waals surface area contributed by atoms with Gasteiger partial charge in [0, 0.05) is 12.0 Å². The molecule has 0 aliphatic carbocycles. The van der Waals surface area contributed by atoms with Crippen LogP contribution in [0, 0.1) is 11.3 Å². The van der Waals surface area contributed by atoms with Gasteiger partial charge in [0.25, 0.3) is 5.56 Å². The molecular weight excluding hydrogens is 426 g/mol. The van der Waals surface area contributed by atoms with Crippen LogP contribution in [0.25, 0.3) is 16.9 Å². The maximum absolute atomic E-state index is 12.9. The zero-order valence-corrected chi connectivity index (χ0v) is 18.3. The Hall–Kier alpha value is -4.54. The van der Waals surface area contributed by atoms with Crippen LogP contribution in [0.3, 0.4) is 0 Å². The van der Waals surface area contributed by atoms with E-state index in [1.165, 1.54) is 6.33 Å². The molecule has 7 nitrogen and oxygen atoms in total. The third-order valence-electron chi connectivity index (χ3n) is 5.69. The Morgan fingerprint density at radius 2 is 1.68 bits per heavy atom. The molecule has 0 aliphatic heterocycles. The Kier molecular flexibility index (Phi) is 5.97. The van der Waals surface area contributed by atoms with Crippen molar-refractivity contribution in [1.82, 2.24) is 19.6 Å². The van der Waals surface area contributed by atoms with Gasteiger partial charge in [0.1, 0.15) is 6.33 Å². The molecule has 5 aromatic rings. The van der Waals surface area contributed by atoms with Crippen LogP contribution in [0.4, 0.5) is 0 Å². The van der Waals surface area contributed by atoms with Crippen molar-refractivity contribution in [3.8, 4) is 17.2 Å². The van der Waals surface area contributed by atoms with Crippen molar-refractivity contribution in [2.24, 2.45) is 0 Å². The van der Waals surface area contributed by atoms with Gasteiger partial charge in [-0.15, -0.1) is 0 Å². The molecule has 0 amide bonds. The average Bonchev–Trinajstić information content (AvgIpc) is 3.35. The first-order valence-corrected chi connectivity index (χ1v) is 10.9. The van der Waals surface area contributed by atoms with Crippen LogP contribution in [0.2, 0.25) is 0 Å². The lowest BCUT2D eigenvalue weighted by molar-refractivity contribution is 0.102. The highest BCUT2D eigenvalue weighted by atomic mass is 16.5. The van der Waals surface area contributed by atoms with Crippen molar-refractivity contribution in [2.75, 3.05) is 0 Å². The number of nitriles is 1. The fourth-order valence-electron chi connectivity index (χ4n) is 3.97. The van der Waals surface area contributed by atoms with Gasteiger partial charge in [-0.05, 0) is 28.3 Å². The number of hydrogen-bond donors (Lipinski definition) is 1. The summed E-state index contributed by atoms with van der Waals surface area (Å²) in [6.07, 6.45) is 1.83. The molecule has 34 heavy (non-hydrogen) atoms. The van der Waals surface area contributed by atoms with Gasteiger partial charge in [0.2, 0.25) is 5.78 Å². The lowest BCUT2D eigenvalue weighted by Gasteiger charge is -2.12. The van der Waals surface area contributed by atoms with Crippen molar-refractivity contribution in [3.63, 3.8) is 0 Å². The van der Waals surface area contributed by atoms with Gasteiger partial charge in [0.15, 0.2) is 0 Å². The summed E-state index contributed by atoms with van der Waals surface area (Å²) < 4.78 is 7.57. The van der Waals surface area contributed by atoms with Crippen LogP contribution in [0.15, 0.2) is 90.0 Å². The monoisotopic (exact) mass is 447 g/mol. The summed E-state index contributed by atoms with van der Waals surface area (Å²) in [6.45, 7) is 0.651. The highest BCUT2D eigenvalue weighted by Gasteiger charge is 2.15. The Morgan fingerprint density at radius 3 is 2.47 bits per heavy atom. The first kappa shape index (κ1) is 21.3. The second-order valence-electron chi connectivity index (χ2n) is 7.88. The molecule has 3 aromatic carbocycles. The first-order valence-electron chi connectivity index (χ1n) is 10.9. The minimum atomic E-state index is -0.210. The van der Waals surface area contributed by atoms with Crippen molar-refractivity contribution in [3.05, 3.63) is 123 Å². The van der Waals surface area contributed by atoms with E-state index in [1.54, 1.807) is 10.6 Å². The van der Waals surface area contributed by atoms with E-state index in [0.29, 0.717) is 35.6 Å². The predicted molar refractivity (Wildman–Crippen MR) is 128 cm³/mol. The summed E-state index contributed by atoms with van der Waals surface area (Å²) in [5.41, 5.74) is 5.52. The maximum Gasteiger partial charge on any atom is 0.256 e. The van der Waals surface area contributed by atoms with Crippen LogP contribution >= 0.6 is 0 Å². The van der Waals surface area contributed by atoms with E-state index >= 15 is 0 Å². The number of H-pyrrole nitrogens is 1. The Bertz CT molecular complexity index is 1530. The Morgan fingerprint density at radius 1 is 0.912 bits per heavy atom. The summed E-state index contributed by atoms with van der Waals surface area (Å²) in [7, 11) is 0. The number of benzene rings is 3. The molecule has 0 bridgehead atoms. The van der Waals surface area contributed by atoms with Gasteiger partial charge < -0.3 is 4.74 Å². The minimum absolute atomic E-state index is 0.210. The molecule has 166 valence electrons. The molecule has 0 spiro atoms. The summed E-state index contributed by atoms with van der Waals surface area (Å²) >= 11 is 0. The van der Waals surface area contributed by atoms with Gasteiger partial charge in [0.05, 0.1) is 30.5 Å². The fraction of sp³-hybridized carbons (Fsp3) is 0.111. The molecule has 0 fully saturated rings. The molecule has 1 N–H and O–H groups in total. The molecule has 0 radical (unpaired) electrons. The van der Waals surface area contributed by atoms with E-state index in [2.05, 4.69) is 21.1 Å². The lowest BCUT2D eigenvalue weighted by atomic mass is 9.97. The number of aromatic nitrogens is 4. The number of rotatable bonds is 7. The molecule has 2 heterocycles. The van der Waals surface area contributed by atoms with E-state index in [4.69, 9.17) is 4.74 Å². The zero-order chi connectivity index (χ0) is 23.3. The van der Waals surface area contributed by atoms with Crippen LogP contribution in [-0.2, 0) is 24.4 Å². The van der Waals surface area contributed by atoms with Crippen LogP contribution in [0.1, 0.15) is 27.9 Å². The first-order chi connectivity index (χ1) is 16.7. The molecule has 5 rings (SSSR count). The third-order valence-corrected chi connectivity index (χ3v) is 5.69. The quantitative estimate of drug-likeness (QED) is 0.402. The molecule has 0 unspecified atom stereocenters. The fourth-order valence-corrected chi connectivity index (χ4v) is 3.97. The largest absolute Gasteiger partial charge is 0.370 e. The number of hydrogen-bond acceptors (Lipinski definition) is 5. The van der Waals surface area contributed by atoms with Crippen LogP contribution in [0.5, 0.6) is 0 Å². The van der Waals surface area contributed by atoms with Crippen molar-refractivity contribution < 1.29 is 4.74 Å². The van der Waals surface area contributed by atoms with E-state index in [9.17, 15) is 10.1 Å². The lowest BCUT2D eigenvalue weighted by Crippen LogP contribution is -2.21. The normalized spacial score (nSPS) is 10.9. The second kappa shape index (κ2) is 9.53. The molecule has 0 atom stereocenters. The molecule has 0 saturated carbocycles. The van der Waals surface area contributed by atoms with Gasteiger partial charge in [-0.25, -0.2) is 4.52 Å². The van der Waals surface area contributed by atoms with Crippen molar-refractivity contribution in [1.29, 1.82) is 5.26 Å². The standard InChI is InChI=1S/C27H21N5O2/c28-15-22-8-4-5-9-23(22)21-12-10-19(11-13-21)14-24-25(17-34-16-20-6-2-1-3-7-20)32-27(29-18-30-32)31-26(24)33/h1-13,18H,14,16-17H2,(H,29,30,31,33). The topological polar surface area (TPSA) is 96.1 Å². The van der Waals surface area contributed by atoms with Crippen molar-refractivity contribution >= 4 is 5.78 Å². The number of ether oxygens (including phenoxy) is 1. The van der Waals surface area contributed by atoms with Gasteiger partial charge >= 0.3 is 0 Å². The number of aromatic amines is 1. The smallest absolute Gasteiger partial charge is 0.256 e. The van der Waals surface area contributed by atoms with Crippen molar-refractivity contribution in [2.45, 2.75) is 19.6 Å². The van der Waals surface area contributed by atoms with Gasteiger partial charge in [-0.3, -0.25) is 9.78 Å². The molecule has 2 aromatic heterocycles. The number of nitrogens with one attached hydrogen (secondary N) is 1. The molecular formula is C27H21N5O2. The minimum Gasteiger partial charge on any atom is -0.370 e. The highest BCUT2D eigenvalue weighted by molar-refractivity contribution is 5.70. The third kappa shape index (κ3) is 4.35. The summed E-state index contributed by atoms with van der Waals surface area (Å²) in [6, 6.07) is 27.5. The van der Waals surface area contributed by atoms with Gasteiger partial charge in [-0.1, -0.05) is 72.8 Å². The van der Waals surface area contributed by atoms with E-state index in [0.717, 1.165) is 22.3 Å². The highest BCUT2D eigenvalue weighted by Crippen LogP contribution is 2.24. The average molecular weight is 447 g/mol. The molecule has 7 heteroatoms. The summed E-state index contributed by atoms with van der Waals surface area (Å²) in [5.74, 6) is 0.385. The maximum atomic E-state index is 12.9. The molecule has 0 saturated heterocycles. The Labute approximate surface area is 195 Å². The summed E-state index contributed by atoms with van der Waals surface area (Å²) in [4.78, 5) is 19.9. The molecule has 0 aliphatic rings. The van der Waals surface area contributed by atoms with E-state index < -0.39 is 0 Å². The van der Waals surface area contributed by atoms with Crippen LogP contribution in [-0.4, -0.2) is 19.6 Å². The van der Waals surface area contributed by atoms with E-state index in [-0.39, 0.29) is 12.2 Å².